The molecular formula is C15H19Cl3N2O3S. The lowest BCUT2D eigenvalue weighted by atomic mass is 10.0. The highest BCUT2D eigenvalue weighted by Crippen LogP contribution is 2.35. The van der Waals surface area contributed by atoms with Crippen molar-refractivity contribution in [2.45, 2.75) is 19.8 Å². The lowest BCUT2D eigenvalue weighted by Crippen LogP contribution is -2.46. The van der Waals surface area contributed by atoms with Gasteiger partial charge in [0.05, 0.1) is 27.0 Å². The Kier molecular flexibility index (Phi) is 6.29. The van der Waals surface area contributed by atoms with Gasteiger partial charge in [-0.2, -0.15) is 0 Å². The zero-order valence-corrected chi connectivity index (χ0v) is 16.5. The number of nitrogens with zero attached hydrogens (tertiary/aromatic N) is 2. The van der Waals surface area contributed by atoms with Gasteiger partial charge in [0.25, 0.3) is 0 Å². The van der Waals surface area contributed by atoms with Crippen LogP contribution in [0.3, 0.4) is 0 Å². The number of sulfonamides is 1. The summed E-state index contributed by atoms with van der Waals surface area (Å²) in [6, 6.07) is 2.73. The van der Waals surface area contributed by atoms with E-state index >= 15 is 0 Å². The monoisotopic (exact) mass is 412 g/mol. The first-order valence-corrected chi connectivity index (χ1v) is 10.5. The summed E-state index contributed by atoms with van der Waals surface area (Å²) in [6.45, 7) is 3.02. The maximum atomic E-state index is 12.6. The third kappa shape index (κ3) is 4.69. The van der Waals surface area contributed by atoms with E-state index in [2.05, 4.69) is 6.92 Å². The fraction of sp³-hybridized carbons (Fsp3) is 0.533. The highest BCUT2D eigenvalue weighted by molar-refractivity contribution is 7.92. The predicted molar refractivity (Wildman–Crippen MR) is 98.6 cm³/mol. The Morgan fingerprint density at radius 2 is 1.88 bits per heavy atom. The van der Waals surface area contributed by atoms with Crippen LogP contribution >= 0.6 is 34.8 Å². The Morgan fingerprint density at radius 3 is 2.46 bits per heavy atom. The van der Waals surface area contributed by atoms with Crippen LogP contribution in [-0.2, 0) is 14.8 Å². The summed E-state index contributed by atoms with van der Waals surface area (Å²) in [4.78, 5) is 14.2. The van der Waals surface area contributed by atoms with E-state index in [0.717, 1.165) is 23.4 Å². The van der Waals surface area contributed by atoms with Crippen molar-refractivity contribution < 1.29 is 13.2 Å². The quantitative estimate of drug-likeness (QED) is 0.708. The molecule has 1 aromatic carbocycles. The van der Waals surface area contributed by atoms with Gasteiger partial charge >= 0.3 is 0 Å². The van der Waals surface area contributed by atoms with Crippen LogP contribution < -0.4 is 4.31 Å². The number of carbonyl (C=O) groups excluding carboxylic acids is 1. The largest absolute Gasteiger partial charge is 0.341 e. The van der Waals surface area contributed by atoms with Gasteiger partial charge in [-0.05, 0) is 30.9 Å². The average Bonchev–Trinajstić information content (AvgIpc) is 2.47. The lowest BCUT2D eigenvalue weighted by Gasteiger charge is -2.33. The zero-order chi connectivity index (χ0) is 18.1. The molecule has 1 heterocycles. The third-order valence-electron chi connectivity index (χ3n) is 3.95. The van der Waals surface area contributed by atoms with Crippen LogP contribution in [0.4, 0.5) is 5.69 Å². The third-order valence-corrected chi connectivity index (χ3v) is 6.10. The number of hydrogen-bond acceptors (Lipinski definition) is 3. The summed E-state index contributed by atoms with van der Waals surface area (Å²) in [7, 11) is -3.72. The van der Waals surface area contributed by atoms with Crippen molar-refractivity contribution in [2.75, 3.05) is 30.2 Å². The van der Waals surface area contributed by atoms with Crippen LogP contribution in [0.25, 0.3) is 0 Å². The van der Waals surface area contributed by atoms with E-state index in [0.29, 0.717) is 19.0 Å². The first kappa shape index (κ1) is 19.6. The number of benzene rings is 1. The first-order chi connectivity index (χ1) is 11.1. The summed E-state index contributed by atoms with van der Waals surface area (Å²) >= 11 is 18.0. The van der Waals surface area contributed by atoms with Gasteiger partial charge in [-0.15, -0.1) is 0 Å². The molecular weight excluding hydrogens is 395 g/mol. The maximum absolute atomic E-state index is 12.6. The minimum atomic E-state index is -3.72. The van der Waals surface area contributed by atoms with Gasteiger partial charge in [0, 0.05) is 13.1 Å². The van der Waals surface area contributed by atoms with E-state index in [9.17, 15) is 13.2 Å². The van der Waals surface area contributed by atoms with Crippen LogP contribution in [0.1, 0.15) is 19.8 Å². The van der Waals surface area contributed by atoms with Crippen LogP contribution in [0.5, 0.6) is 0 Å². The first-order valence-electron chi connectivity index (χ1n) is 7.49. The zero-order valence-electron chi connectivity index (χ0n) is 13.4. The number of likely N-dealkylation sites (tertiary alicyclic amines) is 1. The second-order valence-electron chi connectivity index (χ2n) is 6.07. The Balaban J connectivity index is 2.30. The molecule has 1 saturated heterocycles. The fourth-order valence-electron chi connectivity index (χ4n) is 2.72. The molecule has 0 unspecified atom stereocenters. The molecule has 2 rings (SSSR count). The molecule has 1 atom stereocenters. The Labute approximate surface area is 157 Å². The highest BCUT2D eigenvalue weighted by Gasteiger charge is 2.28. The molecule has 1 aliphatic rings. The van der Waals surface area contributed by atoms with Crippen molar-refractivity contribution in [2.24, 2.45) is 5.92 Å². The van der Waals surface area contributed by atoms with E-state index < -0.39 is 10.0 Å². The molecule has 0 aliphatic carbocycles. The Morgan fingerprint density at radius 1 is 1.25 bits per heavy atom. The lowest BCUT2D eigenvalue weighted by molar-refractivity contribution is -0.131. The molecule has 24 heavy (non-hydrogen) atoms. The fourth-order valence-corrected chi connectivity index (χ4v) is 4.27. The van der Waals surface area contributed by atoms with Crippen LogP contribution in [0, 0.1) is 5.92 Å². The van der Waals surface area contributed by atoms with Gasteiger partial charge < -0.3 is 4.90 Å². The number of rotatable bonds is 4. The molecule has 1 aliphatic heterocycles. The van der Waals surface area contributed by atoms with Gasteiger partial charge in [0.2, 0.25) is 15.9 Å². The minimum Gasteiger partial charge on any atom is -0.341 e. The number of anilines is 1. The van der Waals surface area contributed by atoms with Gasteiger partial charge in [0.1, 0.15) is 6.54 Å². The van der Waals surface area contributed by atoms with Crippen molar-refractivity contribution in [1.29, 1.82) is 0 Å². The molecule has 0 spiro atoms. The molecule has 5 nitrogen and oxygen atoms in total. The molecule has 1 fully saturated rings. The highest BCUT2D eigenvalue weighted by atomic mass is 35.5. The summed E-state index contributed by atoms with van der Waals surface area (Å²) in [6.07, 6.45) is 3.01. The number of halogens is 3. The second kappa shape index (κ2) is 7.68. The summed E-state index contributed by atoms with van der Waals surface area (Å²) in [5.74, 6) is 0.150. The number of carbonyl (C=O) groups is 1. The Bertz CT molecular complexity index is 740. The van der Waals surface area contributed by atoms with Crippen molar-refractivity contribution in [3.8, 4) is 0 Å². The average molecular weight is 414 g/mol. The van der Waals surface area contributed by atoms with Crippen LogP contribution in [0.15, 0.2) is 12.1 Å². The number of hydrogen-bond donors (Lipinski definition) is 0. The van der Waals surface area contributed by atoms with E-state index in [1.165, 1.54) is 12.1 Å². The molecule has 1 aromatic rings. The normalized spacial score (nSPS) is 18.5. The molecule has 0 saturated carbocycles. The smallest absolute Gasteiger partial charge is 0.243 e. The van der Waals surface area contributed by atoms with Crippen molar-refractivity contribution in [3.63, 3.8) is 0 Å². The van der Waals surface area contributed by atoms with E-state index in [1.807, 2.05) is 0 Å². The van der Waals surface area contributed by atoms with Crippen molar-refractivity contribution in [3.05, 3.63) is 27.2 Å². The van der Waals surface area contributed by atoms with Crippen LogP contribution in [-0.4, -0.2) is 45.1 Å². The topological polar surface area (TPSA) is 57.7 Å². The van der Waals surface area contributed by atoms with E-state index in [4.69, 9.17) is 34.8 Å². The molecule has 1 amide bonds. The molecule has 134 valence electrons. The van der Waals surface area contributed by atoms with Gasteiger partial charge in [-0.25, -0.2) is 8.42 Å². The van der Waals surface area contributed by atoms with Gasteiger partial charge in [-0.3, -0.25) is 9.10 Å². The van der Waals surface area contributed by atoms with Gasteiger partial charge in [-0.1, -0.05) is 41.7 Å². The molecule has 9 heteroatoms. The minimum absolute atomic E-state index is 0.120. The maximum Gasteiger partial charge on any atom is 0.243 e. The predicted octanol–water partition coefficient (Wildman–Crippen LogP) is 3.67. The number of piperidine rings is 1. The molecule has 0 radical (unpaired) electrons. The molecule has 0 bridgehead atoms. The van der Waals surface area contributed by atoms with Crippen LogP contribution in [0.2, 0.25) is 15.1 Å². The number of amides is 1. The van der Waals surface area contributed by atoms with Crippen molar-refractivity contribution >= 4 is 56.4 Å². The Hall–Kier alpha value is -0.690. The summed E-state index contributed by atoms with van der Waals surface area (Å²) < 4.78 is 25.3. The van der Waals surface area contributed by atoms with E-state index in [-0.39, 0.29) is 33.2 Å². The van der Waals surface area contributed by atoms with Crippen molar-refractivity contribution in [1.82, 2.24) is 4.90 Å². The van der Waals surface area contributed by atoms with Gasteiger partial charge in [0.15, 0.2) is 0 Å². The molecule has 0 N–H and O–H groups in total. The SMILES string of the molecule is C[C@H]1CCCN(C(=O)CN(c2cc(Cl)c(Cl)cc2Cl)S(C)(=O)=O)C1. The van der Waals surface area contributed by atoms with E-state index in [1.54, 1.807) is 4.90 Å². The summed E-state index contributed by atoms with van der Waals surface area (Å²) in [5, 5.41) is 0.508. The summed E-state index contributed by atoms with van der Waals surface area (Å²) in [5.41, 5.74) is 0.145. The standard InChI is InChI=1S/C15H19Cl3N2O3S/c1-10-4-3-5-19(8-10)15(21)9-20(24(2,22)23)14-7-12(17)11(16)6-13(14)18/h6-7,10H,3-5,8-9H2,1-2H3/t10-/m0/s1. The second-order valence-corrected chi connectivity index (χ2v) is 9.20. The molecule has 0 aromatic heterocycles.